The van der Waals surface area contributed by atoms with Crippen molar-refractivity contribution in [3.05, 3.63) is 59.7 Å². The highest BCUT2D eigenvalue weighted by atomic mass is 32.2. The van der Waals surface area contributed by atoms with E-state index in [2.05, 4.69) is 29.6 Å². The number of hydrogen-bond donors (Lipinski definition) is 2. The fourth-order valence-electron chi connectivity index (χ4n) is 3.72. The molecule has 6 heteroatoms. The number of rotatable bonds is 9. The van der Waals surface area contributed by atoms with Crippen molar-refractivity contribution in [2.75, 3.05) is 18.6 Å². The maximum Gasteiger partial charge on any atom is 0.407 e. The van der Waals surface area contributed by atoms with Crippen molar-refractivity contribution in [1.29, 1.82) is 0 Å². The van der Waals surface area contributed by atoms with Crippen LogP contribution in [0, 0.1) is 0 Å². The van der Waals surface area contributed by atoms with Gasteiger partial charge in [0.15, 0.2) is 0 Å². The largest absolute Gasteiger partial charge is 0.481 e. The predicted octanol–water partition coefficient (Wildman–Crippen LogP) is 4.51. The van der Waals surface area contributed by atoms with E-state index in [9.17, 15) is 9.59 Å². The van der Waals surface area contributed by atoms with Crippen LogP contribution in [0.4, 0.5) is 4.79 Å². The fraction of sp³-hybridized carbons (Fsp3) is 0.364. The Morgan fingerprint density at radius 2 is 1.71 bits per heavy atom. The third-order valence-corrected chi connectivity index (χ3v) is 5.68. The van der Waals surface area contributed by atoms with Gasteiger partial charge in [-0.2, -0.15) is 11.8 Å². The van der Waals surface area contributed by atoms with Gasteiger partial charge in [-0.25, -0.2) is 4.79 Å². The lowest BCUT2D eigenvalue weighted by molar-refractivity contribution is -0.137. The second kappa shape index (κ2) is 9.64. The molecule has 1 amide bonds. The van der Waals surface area contributed by atoms with E-state index in [0.717, 1.165) is 23.3 Å². The van der Waals surface area contributed by atoms with E-state index >= 15 is 0 Å². The monoisotopic (exact) mass is 399 g/mol. The number of nitrogens with one attached hydrogen (secondary N) is 1. The maximum absolute atomic E-state index is 12.3. The average molecular weight is 400 g/mol. The van der Waals surface area contributed by atoms with Gasteiger partial charge in [-0.15, -0.1) is 0 Å². The van der Waals surface area contributed by atoms with Crippen LogP contribution in [0.25, 0.3) is 11.1 Å². The number of amides is 1. The minimum Gasteiger partial charge on any atom is -0.481 e. The van der Waals surface area contributed by atoms with Gasteiger partial charge in [0.2, 0.25) is 0 Å². The molecule has 1 atom stereocenters. The van der Waals surface area contributed by atoms with E-state index in [1.165, 1.54) is 11.1 Å². The first-order valence-corrected chi connectivity index (χ1v) is 10.8. The second-order valence-electron chi connectivity index (χ2n) is 6.90. The lowest BCUT2D eigenvalue weighted by Gasteiger charge is -2.19. The van der Waals surface area contributed by atoms with Crippen LogP contribution >= 0.6 is 11.8 Å². The van der Waals surface area contributed by atoms with Gasteiger partial charge >= 0.3 is 12.1 Å². The summed E-state index contributed by atoms with van der Waals surface area (Å²) in [6, 6.07) is 15.9. The lowest BCUT2D eigenvalue weighted by Crippen LogP contribution is -2.37. The first-order valence-electron chi connectivity index (χ1n) is 9.42. The number of benzene rings is 2. The van der Waals surface area contributed by atoms with Crippen molar-refractivity contribution in [1.82, 2.24) is 5.32 Å². The molecule has 3 rings (SSSR count). The third kappa shape index (κ3) is 4.87. The van der Waals surface area contributed by atoms with E-state index in [-0.39, 0.29) is 18.9 Å². The molecule has 1 aliphatic carbocycles. The molecule has 0 fully saturated rings. The molecular weight excluding hydrogens is 374 g/mol. The normalized spacial score (nSPS) is 13.5. The van der Waals surface area contributed by atoms with Crippen molar-refractivity contribution in [3.8, 4) is 11.1 Å². The molecule has 2 aromatic rings. The Morgan fingerprint density at radius 3 is 2.29 bits per heavy atom. The van der Waals surface area contributed by atoms with E-state index in [1.807, 2.05) is 30.5 Å². The highest BCUT2D eigenvalue weighted by Gasteiger charge is 2.29. The predicted molar refractivity (Wildman–Crippen MR) is 112 cm³/mol. The zero-order chi connectivity index (χ0) is 19.9. The Balaban J connectivity index is 1.63. The number of hydrogen-bond acceptors (Lipinski definition) is 4. The van der Waals surface area contributed by atoms with E-state index in [0.29, 0.717) is 6.42 Å². The number of alkyl carbamates (subject to hydrolysis) is 1. The van der Waals surface area contributed by atoms with E-state index in [1.54, 1.807) is 11.8 Å². The van der Waals surface area contributed by atoms with Crippen molar-refractivity contribution >= 4 is 23.8 Å². The van der Waals surface area contributed by atoms with Gasteiger partial charge in [-0.3, -0.25) is 4.79 Å². The van der Waals surface area contributed by atoms with Crippen molar-refractivity contribution < 1.29 is 19.4 Å². The number of thioether (sulfide) groups is 1. The summed E-state index contributed by atoms with van der Waals surface area (Å²) < 4.78 is 5.51. The molecule has 148 valence electrons. The molecule has 0 saturated heterocycles. The minimum atomic E-state index is -0.923. The lowest BCUT2D eigenvalue weighted by atomic mass is 9.98. The molecule has 0 spiro atoms. The first-order chi connectivity index (χ1) is 13.6. The molecule has 0 saturated carbocycles. The van der Waals surface area contributed by atoms with Crippen LogP contribution in [0.15, 0.2) is 48.5 Å². The molecule has 0 bridgehead atoms. The molecule has 0 radical (unpaired) electrons. The highest BCUT2D eigenvalue weighted by molar-refractivity contribution is 7.98. The molecule has 1 unspecified atom stereocenters. The van der Waals surface area contributed by atoms with Crippen LogP contribution in [0.3, 0.4) is 0 Å². The summed E-state index contributed by atoms with van der Waals surface area (Å²) in [6.45, 7) is 0.227. The van der Waals surface area contributed by atoms with Crippen LogP contribution < -0.4 is 5.32 Å². The van der Waals surface area contributed by atoms with Crippen LogP contribution in [0.2, 0.25) is 0 Å². The van der Waals surface area contributed by atoms with Crippen LogP contribution in [-0.2, 0) is 9.53 Å². The summed E-state index contributed by atoms with van der Waals surface area (Å²) in [4.78, 5) is 23.4. The molecule has 0 aromatic heterocycles. The number of fused-ring (bicyclic) bond motifs is 3. The van der Waals surface area contributed by atoms with Gasteiger partial charge < -0.3 is 15.2 Å². The van der Waals surface area contributed by atoms with E-state index in [4.69, 9.17) is 9.84 Å². The van der Waals surface area contributed by atoms with Gasteiger partial charge in [0, 0.05) is 12.0 Å². The van der Waals surface area contributed by atoms with E-state index < -0.39 is 18.1 Å². The SMILES string of the molecule is CSCCCC(CC(=O)O)NC(=O)OCC1c2ccccc2-c2ccccc21. The smallest absolute Gasteiger partial charge is 0.407 e. The number of carbonyl (C=O) groups is 2. The Labute approximate surface area is 169 Å². The Morgan fingerprint density at radius 1 is 1.11 bits per heavy atom. The molecule has 1 aliphatic rings. The van der Waals surface area contributed by atoms with Crippen molar-refractivity contribution in [2.45, 2.75) is 31.2 Å². The second-order valence-corrected chi connectivity index (χ2v) is 7.89. The van der Waals surface area contributed by atoms with Crippen LogP contribution in [0.1, 0.15) is 36.3 Å². The molecule has 0 heterocycles. The maximum atomic E-state index is 12.3. The summed E-state index contributed by atoms with van der Waals surface area (Å²) >= 11 is 1.70. The summed E-state index contributed by atoms with van der Waals surface area (Å²) in [5, 5.41) is 11.8. The number of aliphatic carboxylic acids is 1. The Kier molecular flexibility index (Phi) is 6.98. The van der Waals surface area contributed by atoms with Gasteiger partial charge in [0.25, 0.3) is 0 Å². The van der Waals surface area contributed by atoms with Crippen molar-refractivity contribution in [2.24, 2.45) is 0 Å². The zero-order valence-corrected chi connectivity index (χ0v) is 16.7. The summed E-state index contributed by atoms with van der Waals surface area (Å²) in [6.07, 6.45) is 2.82. The fourth-order valence-corrected chi connectivity index (χ4v) is 4.17. The highest BCUT2D eigenvalue weighted by Crippen LogP contribution is 2.44. The topological polar surface area (TPSA) is 75.6 Å². The van der Waals surface area contributed by atoms with Gasteiger partial charge in [-0.1, -0.05) is 48.5 Å². The Bertz CT molecular complexity index is 793. The molecule has 2 aromatic carbocycles. The standard InChI is InChI=1S/C22H25NO4S/c1-28-12-6-7-15(13-21(24)25)23-22(26)27-14-20-18-10-4-2-8-16(18)17-9-3-5-11-19(17)20/h2-5,8-11,15,20H,6-7,12-14H2,1H3,(H,23,26)(H,24,25). The zero-order valence-electron chi connectivity index (χ0n) is 15.9. The summed E-state index contributed by atoms with van der Waals surface area (Å²) in [5.74, 6) is 0.00308. The van der Waals surface area contributed by atoms with Crippen molar-refractivity contribution in [3.63, 3.8) is 0 Å². The molecule has 2 N–H and O–H groups in total. The van der Waals surface area contributed by atoms with Gasteiger partial charge in [-0.05, 0) is 47.1 Å². The van der Waals surface area contributed by atoms with Crippen LogP contribution in [0.5, 0.6) is 0 Å². The quantitative estimate of drug-likeness (QED) is 0.607. The number of carboxylic acids is 1. The number of ether oxygens (including phenoxy) is 1. The average Bonchev–Trinajstić information content (AvgIpc) is 3.00. The Hall–Kier alpha value is -2.47. The molecule has 5 nitrogen and oxygen atoms in total. The van der Waals surface area contributed by atoms with Gasteiger partial charge in [0.05, 0.1) is 6.42 Å². The van der Waals surface area contributed by atoms with Crippen LogP contribution in [-0.4, -0.2) is 41.8 Å². The summed E-state index contributed by atoms with van der Waals surface area (Å²) in [5.41, 5.74) is 4.65. The molecule has 28 heavy (non-hydrogen) atoms. The number of carbonyl (C=O) groups excluding carboxylic acids is 1. The molecular formula is C22H25NO4S. The summed E-state index contributed by atoms with van der Waals surface area (Å²) in [7, 11) is 0. The van der Waals surface area contributed by atoms with Gasteiger partial charge in [0.1, 0.15) is 6.61 Å². The third-order valence-electron chi connectivity index (χ3n) is 4.99. The number of carboxylic acid groups (broad SMARTS) is 1. The molecule has 0 aliphatic heterocycles. The first kappa shape index (κ1) is 20.3. The minimum absolute atomic E-state index is 0.00688.